The molecule has 5 nitrogen and oxygen atoms in total. The molecule has 0 aliphatic heterocycles. The van der Waals surface area contributed by atoms with Crippen LogP contribution in [0.5, 0.6) is 0 Å². The van der Waals surface area contributed by atoms with Crippen LogP contribution in [0.2, 0.25) is 0 Å². The molecule has 0 aromatic heterocycles. The summed E-state index contributed by atoms with van der Waals surface area (Å²) in [5, 5.41) is 9.07. The lowest BCUT2D eigenvalue weighted by Gasteiger charge is -2.31. The zero-order chi connectivity index (χ0) is 16.7. The van der Waals surface area contributed by atoms with Crippen molar-refractivity contribution in [2.24, 2.45) is 11.8 Å². The van der Waals surface area contributed by atoms with Crippen LogP contribution in [0.1, 0.15) is 31.2 Å². The van der Waals surface area contributed by atoms with Crippen LogP contribution in [0.25, 0.3) is 0 Å². The van der Waals surface area contributed by atoms with Gasteiger partial charge >= 0.3 is 5.97 Å². The number of carboxylic acids is 1. The smallest absolute Gasteiger partial charge is 0.306 e. The van der Waals surface area contributed by atoms with Crippen LogP contribution < -0.4 is 0 Å². The summed E-state index contributed by atoms with van der Waals surface area (Å²) in [6.07, 6.45) is 2.51. The van der Waals surface area contributed by atoms with E-state index in [4.69, 9.17) is 9.84 Å². The van der Waals surface area contributed by atoms with E-state index in [1.807, 2.05) is 35.2 Å². The fraction of sp³-hybridized carbons (Fsp3) is 0.556. The minimum atomic E-state index is -0.739. The van der Waals surface area contributed by atoms with Gasteiger partial charge in [-0.15, -0.1) is 0 Å². The lowest BCUT2D eigenvalue weighted by molar-refractivity contribution is -0.146. The highest BCUT2D eigenvalue weighted by Gasteiger charge is 2.32. The van der Waals surface area contributed by atoms with Gasteiger partial charge in [0.25, 0.3) is 0 Å². The normalized spacial score (nSPS) is 20.9. The first kappa shape index (κ1) is 17.5. The molecule has 0 unspecified atom stereocenters. The maximum atomic E-state index is 12.8. The van der Waals surface area contributed by atoms with E-state index in [2.05, 4.69) is 0 Å². The van der Waals surface area contributed by atoms with Gasteiger partial charge in [-0.05, 0) is 31.2 Å². The first-order chi connectivity index (χ1) is 11.1. The summed E-state index contributed by atoms with van der Waals surface area (Å²) in [4.78, 5) is 25.7. The number of hydrogen-bond donors (Lipinski definition) is 1. The maximum absolute atomic E-state index is 12.8. The van der Waals surface area contributed by atoms with Crippen LogP contribution in [-0.2, 0) is 20.9 Å². The number of ether oxygens (including phenoxy) is 1. The quantitative estimate of drug-likeness (QED) is 0.839. The monoisotopic (exact) mass is 319 g/mol. The van der Waals surface area contributed by atoms with Crippen molar-refractivity contribution in [1.82, 2.24) is 4.90 Å². The molecule has 0 spiro atoms. The van der Waals surface area contributed by atoms with Gasteiger partial charge in [-0.25, -0.2) is 0 Å². The molecule has 1 aromatic carbocycles. The van der Waals surface area contributed by atoms with Gasteiger partial charge in [-0.1, -0.05) is 30.3 Å². The van der Waals surface area contributed by atoms with E-state index in [1.165, 1.54) is 0 Å². The number of benzene rings is 1. The largest absolute Gasteiger partial charge is 0.481 e. The topological polar surface area (TPSA) is 66.8 Å². The zero-order valence-corrected chi connectivity index (χ0v) is 13.6. The Balaban J connectivity index is 1.98. The highest BCUT2D eigenvalue weighted by Crippen LogP contribution is 2.30. The molecule has 1 amide bonds. The zero-order valence-electron chi connectivity index (χ0n) is 13.6. The lowest BCUT2D eigenvalue weighted by atomic mass is 9.81. The molecule has 1 fully saturated rings. The number of amides is 1. The summed E-state index contributed by atoms with van der Waals surface area (Å²) in [6.45, 7) is 1.63. The number of methoxy groups -OCH3 is 1. The molecule has 0 bridgehead atoms. The van der Waals surface area contributed by atoms with E-state index in [1.54, 1.807) is 7.11 Å². The first-order valence-electron chi connectivity index (χ1n) is 8.16. The Morgan fingerprint density at radius 3 is 2.30 bits per heavy atom. The van der Waals surface area contributed by atoms with Gasteiger partial charge in [0.1, 0.15) is 0 Å². The third-order valence-corrected chi connectivity index (χ3v) is 4.52. The number of carbonyl (C=O) groups is 2. The molecule has 1 aromatic rings. The average molecular weight is 319 g/mol. The molecule has 23 heavy (non-hydrogen) atoms. The summed E-state index contributed by atoms with van der Waals surface area (Å²) in [5.41, 5.74) is 1.09. The van der Waals surface area contributed by atoms with E-state index in [-0.39, 0.29) is 17.7 Å². The van der Waals surface area contributed by atoms with Crippen molar-refractivity contribution < 1.29 is 19.4 Å². The summed E-state index contributed by atoms with van der Waals surface area (Å²) in [7, 11) is 1.63. The van der Waals surface area contributed by atoms with Gasteiger partial charge in [0.15, 0.2) is 0 Å². The Morgan fingerprint density at radius 1 is 1.13 bits per heavy atom. The predicted octanol–water partition coefficient (Wildman–Crippen LogP) is 2.55. The summed E-state index contributed by atoms with van der Waals surface area (Å²) >= 11 is 0. The van der Waals surface area contributed by atoms with Crippen molar-refractivity contribution >= 4 is 11.9 Å². The fourth-order valence-electron chi connectivity index (χ4n) is 3.12. The minimum Gasteiger partial charge on any atom is -0.481 e. The van der Waals surface area contributed by atoms with Crippen LogP contribution in [0.4, 0.5) is 0 Å². The second kappa shape index (κ2) is 8.67. The number of carbonyl (C=O) groups excluding carboxylic acids is 1. The van der Waals surface area contributed by atoms with Gasteiger partial charge in [-0.2, -0.15) is 0 Å². The van der Waals surface area contributed by atoms with Crippen molar-refractivity contribution in [2.75, 3.05) is 20.3 Å². The van der Waals surface area contributed by atoms with E-state index >= 15 is 0 Å². The van der Waals surface area contributed by atoms with E-state index in [9.17, 15) is 9.59 Å². The number of hydrogen-bond acceptors (Lipinski definition) is 3. The summed E-state index contributed by atoms with van der Waals surface area (Å²) in [6, 6.07) is 9.90. The van der Waals surface area contributed by atoms with Crippen LogP contribution in [0.15, 0.2) is 30.3 Å². The molecule has 0 atom stereocenters. The predicted molar refractivity (Wildman–Crippen MR) is 86.8 cm³/mol. The van der Waals surface area contributed by atoms with Gasteiger partial charge in [0.2, 0.25) is 5.91 Å². The van der Waals surface area contributed by atoms with Crippen LogP contribution in [-0.4, -0.2) is 42.1 Å². The number of nitrogens with zero attached hydrogens (tertiary/aromatic N) is 1. The molecule has 0 saturated heterocycles. The molecular weight excluding hydrogens is 294 g/mol. The van der Waals surface area contributed by atoms with E-state index in [0.29, 0.717) is 45.4 Å². The molecule has 1 N–H and O–H groups in total. The summed E-state index contributed by atoms with van der Waals surface area (Å²) in [5.74, 6) is -0.974. The second-order valence-electron chi connectivity index (χ2n) is 6.12. The Kier molecular flexibility index (Phi) is 6.59. The number of carboxylic acid groups (broad SMARTS) is 1. The Labute approximate surface area is 137 Å². The number of aliphatic carboxylic acids is 1. The second-order valence-corrected chi connectivity index (χ2v) is 6.12. The van der Waals surface area contributed by atoms with Gasteiger partial charge < -0.3 is 14.7 Å². The molecule has 1 saturated carbocycles. The molecular formula is C18H25NO4. The van der Waals surface area contributed by atoms with Gasteiger partial charge in [-0.3, -0.25) is 9.59 Å². The molecule has 0 radical (unpaired) electrons. The SMILES string of the molecule is COCCN(Cc1ccccc1)C(=O)C1CCC(C(=O)O)CC1. The molecule has 126 valence electrons. The third-order valence-electron chi connectivity index (χ3n) is 4.52. The third kappa shape index (κ3) is 5.06. The van der Waals surface area contributed by atoms with Gasteiger partial charge in [0, 0.05) is 26.1 Å². The van der Waals surface area contributed by atoms with Crippen molar-refractivity contribution in [3.8, 4) is 0 Å². The molecule has 1 aliphatic rings. The van der Waals surface area contributed by atoms with E-state index < -0.39 is 5.97 Å². The van der Waals surface area contributed by atoms with Crippen molar-refractivity contribution in [2.45, 2.75) is 32.2 Å². The van der Waals surface area contributed by atoms with Crippen LogP contribution in [0, 0.1) is 11.8 Å². The minimum absolute atomic E-state index is 0.0637. The fourth-order valence-corrected chi connectivity index (χ4v) is 3.12. The standard InChI is InChI=1S/C18H25NO4/c1-23-12-11-19(13-14-5-3-2-4-6-14)17(20)15-7-9-16(10-8-15)18(21)22/h2-6,15-16H,7-13H2,1H3,(H,21,22). The Hall–Kier alpha value is -1.88. The van der Waals surface area contributed by atoms with E-state index in [0.717, 1.165) is 5.56 Å². The summed E-state index contributed by atoms with van der Waals surface area (Å²) < 4.78 is 5.12. The van der Waals surface area contributed by atoms with Crippen molar-refractivity contribution in [3.63, 3.8) is 0 Å². The average Bonchev–Trinajstić information content (AvgIpc) is 2.59. The Morgan fingerprint density at radius 2 is 1.74 bits per heavy atom. The maximum Gasteiger partial charge on any atom is 0.306 e. The molecule has 2 rings (SSSR count). The van der Waals surface area contributed by atoms with Crippen molar-refractivity contribution in [3.05, 3.63) is 35.9 Å². The highest BCUT2D eigenvalue weighted by atomic mass is 16.5. The Bertz CT molecular complexity index is 509. The first-order valence-corrected chi connectivity index (χ1v) is 8.16. The molecule has 5 heteroatoms. The lowest BCUT2D eigenvalue weighted by Crippen LogP contribution is -2.39. The molecule has 0 heterocycles. The molecule has 1 aliphatic carbocycles. The number of rotatable bonds is 7. The highest BCUT2D eigenvalue weighted by molar-refractivity contribution is 5.79. The van der Waals surface area contributed by atoms with Gasteiger partial charge in [0.05, 0.1) is 12.5 Å². The van der Waals surface area contributed by atoms with Crippen LogP contribution >= 0.6 is 0 Å². The van der Waals surface area contributed by atoms with Crippen LogP contribution in [0.3, 0.4) is 0 Å². The van der Waals surface area contributed by atoms with Crippen molar-refractivity contribution in [1.29, 1.82) is 0 Å².